The Morgan fingerprint density at radius 1 is 1.57 bits per heavy atom. The molecule has 2 N–H and O–H groups in total. The number of nitrogens with zero attached hydrogens (tertiary/aromatic N) is 1. The first kappa shape index (κ1) is 9.71. The maximum absolute atomic E-state index is 4.26. The molecule has 3 heteroatoms. The second-order valence-electron chi connectivity index (χ2n) is 4.43. The van der Waals surface area contributed by atoms with E-state index in [0.717, 1.165) is 18.8 Å². The van der Waals surface area contributed by atoms with E-state index < -0.39 is 0 Å². The number of nitrogens with one attached hydrogen (secondary N) is 2. The fourth-order valence-electron chi connectivity index (χ4n) is 1.84. The van der Waals surface area contributed by atoms with Gasteiger partial charge in [-0.3, -0.25) is 0 Å². The number of aromatic nitrogens is 2. The summed E-state index contributed by atoms with van der Waals surface area (Å²) in [7, 11) is 0. The molecule has 0 amide bonds. The molecule has 0 unspecified atom stereocenters. The van der Waals surface area contributed by atoms with E-state index in [1.165, 1.54) is 25.0 Å². The molecule has 0 spiro atoms. The van der Waals surface area contributed by atoms with Crippen LogP contribution in [0.15, 0.2) is 6.33 Å². The Morgan fingerprint density at radius 2 is 2.36 bits per heavy atom. The predicted molar refractivity (Wildman–Crippen MR) is 57.0 cm³/mol. The summed E-state index contributed by atoms with van der Waals surface area (Å²) < 4.78 is 0. The van der Waals surface area contributed by atoms with Crippen LogP contribution >= 0.6 is 0 Å². The van der Waals surface area contributed by atoms with Crippen LogP contribution in [0.2, 0.25) is 0 Å². The van der Waals surface area contributed by atoms with Gasteiger partial charge in [0.1, 0.15) is 0 Å². The summed E-state index contributed by atoms with van der Waals surface area (Å²) in [6.07, 6.45) is 5.87. The van der Waals surface area contributed by atoms with Crippen LogP contribution in [-0.4, -0.2) is 16.5 Å². The largest absolute Gasteiger partial charge is 0.348 e. The molecule has 0 saturated heterocycles. The van der Waals surface area contributed by atoms with Crippen LogP contribution in [-0.2, 0) is 6.54 Å². The third kappa shape index (κ3) is 1.98. The van der Waals surface area contributed by atoms with Crippen molar-refractivity contribution >= 4 is 0 Å². The van der Waals surface area contributed by atoms with E-state index >= 15 is 0 Å². The Bertz CT molecular complexity index is 299. The van der Waals surface area contributed by atoms with E-state index in [9.17, 15) is 0 Å². The van der Waals surface area contributed by atoms with Crippen LogP contribution in [0.25, 0.3) is 0 Å². The minimum atomic E-state index is 0.629. The normalized spacial score (nSPS) is 18.4. The van der Waals surface area contributed by atoms with Crippen molar-refractivity contribution in [2.75, 3.05) is 6.54 Å². The van der Waals surface area contributed by atoms with Crippen LogP contribution in [0.3, 0.4) is 0 Å². The highest BCUT2D eigenvalue weighted by atomic mass is 15.0. The highest BCUT2D eigenvalue weighted by Crippen LogP contribution is 2.47. The smallest absolute Gasteiger partial charge is 0.0925 e. The maximum atomic E-state index is 4.26. The minimum absolute atomic E-state index is 0.629. The molecule has 1 aliphatic carbocycles. The Hall–Kier alpha value is -0.830. The zero-order chi connectivity index (χ0) is 10.0. The van der Waals surface area contributed by atoms with Gasteiger partial charge in [0.05, 0.1) is 12.0 Å². The second kappa shape index (κ2) is 3.73. The molecule has 1 saturated carbocycles. The van der Waals surface area contributed by atoms with Gasteiger partial charge in [0, 0.05) is 18.8 Å². The molecule has 1 heterocycles. The van der Waals surface area contributed by atoms with E-state index in [0.29, 0.717) is 5.41 Å². The number of hydrogen-bond donors (Lipinski definition) is 2. The Balaban J connectivity index is 1.76. The fraction of sp³-hybridized carbons (Fsp3) is 0.727. The van der Waals surface area contributed by atoms with E-state index in [4.69, 9.17) is 0 Å². The third-order valence-corrected chi connectivity index (χ3v) is 3.43. The standard InChI is InChI=1S/C11H19N3/c1-3-11(4-5-11)7-12-6-10-9(2)13-8-14-10/h8,12H,3-7H2,1-2H3,(H,13,14). The van der Waals surface area contributed by atoms with Crippen LogP contribution in [0.5, 0.6) is 0 Å². The minimum Gasteiger partial charge on any atom is -0.348 e. The maximum Gasteiger partial charge on any atom is 0.0925 e. The van der Waals surface area contributed by atoms with Gasteiger partial charge in [0.15, 0.2) is 0 Å². The lowest BCUT2D eigenvalue weighted by Crippen LogP contribution is -2.23. The molecule has 1 aliphatic rings. The molecular formula is C11H19N3. The van der Waals surface area contributed by atoms with Gasteiger partial charge in [-0.05, 0) is 31.6 Å². The molecule has 0 bridgehead atoms. The van der Waals surface area contributed by atoms with Crippen molar-refractivity contribution in [1.29, 1.82) is 0 Å². The summed E-state index contributed by atoms with van der Waals surface area (Å²) in [5, 5.41) is 3.50. The van der Waals surface area contributed by atoms with Gasteiger partial charge in [0.2, 0.25) is 0 Å². The molecule has 14 heavy (non-hydrogen) atoms. The second-order valence-corrected chi connectivity index (χ2v) is 4.43. The van der Waals surface area contributed by atoms with E-state index in [1.54, 1.807) is 6.33 Å². The van der Waals surface area contributed by atoms with Crippen LogP contribution in [0.4, 0.5) is 0 Å². The lowest BCUT2D eigenvalue weighted by atomic mass is 10.0. The average molecular weight is 193 g/mol. The zero-order valence-electron chi connectivity index (χ0n) is 9.06. The molecule has 0 aromatic carbocycles. The fourth-order valence-corrected chi connectivity index (χ4v) is 1.84. The van der Waals surface area contributed by atoms with Gasteiger partial charge in [-0.1, -0.05) is 6.92 Å². The summed E-state index contributed by atoms with van der Waals surface area (Å²) in [6.45, 7) is 6.40. The first-order chi connectivity index (χ1) is 6.76. The van der Waals surface area contributed by atoms with Gasteiger partial charge >= 0.3 is 0 Å². The lowest BCUT2D eigenvalue weighted by molar-refractivity contribution is 0.442. The highest BCUT2D eigenvalue weighted by molar-refractivity contribution is 5.08. The topological polar surface area (TPSA) is 40.7 Å². The van der Waals surface area contributed by atoms with Crippen molar-refractivity contribution < 1.29 is 0 Å². The summed E-state index contributed by atoms with van der Waals surface area (Å²) >= 11 is 0. The van der Waals surface area contributed by atoms with Crippen molar-refractivity contribution in [2.45, 2.75) is 39.7 Å². The van der Waals surface area contributed by atoms with Gasteiger partial charge < -0.3 is 10.3 Å². The molecule has 3 nitrogen and oxygen atoms in total. The van der Waals surface area contributed by atoms with Crippen LogP contribution < -0.4 is 5.32 Å². The summed E-state index contributed by atoms with van der Waals surface area (Å²) in [4.78, 5) is 7.36. The predicted octanol–water partition coefficient (Wildman–Crippen LogP) is 2.00. The summed E-state index contributed by atoms with van der Waals surface area (Å²) in [5.74, 6) is 0. The average Bonchev–Trinajstić information content (AvgIpc) is 2.86. The molecule has 1 fully saturated rings. The van der Waals surface area contributed by atoms with Crippen molar-refractivity contribution in [3.8, 4) is 0 Å². The van der Waals surface area contributed by atoms with Crippen molar-refractivity contribution in [1.82, 2.24) is 15.3 Å². The van der Waals surface area contributed by atoms with E-state index in [1.807, 2.05) is 0 Å². The number of imidazole rings is 1. The van der Waals surface area contributed by atoms with E-state index in [2.05, 4.69) is 29.1 Å². The molecule has 2 rings (SSSR count). The van der Waals surface area contributed by atoms with Crippen molar-refractivity contribution in [3.63, 3.8) is 0 Å². The summed E-state index contributed by atoms with van der Waals surface area (Å²) in [6, 6.07) is 0. The molecule has 1 aromatic rings. The van der Waals surface area contributed by atoms with Gasteiger partial charge in [-0.2, -0.15) is 0 Å². The van der Waals surface area contributed by atoms with E-state index in [-0.39, 0.29) is 0 Å². The Kier molecular flexibility index (Phi) is 2.59. The molecule has 0 radical (unpaired) electrons. The Labute approximate surface area is 85.3 Å². The van der Waals surface area contributed by atoms with Gasteiger partial charge in [-0.25, -0.2) is 4.98 Å². The SMILES string of the molecule is CCC1(CNCc2nc[nH]c2C)CC1. The monoisotopic (exact) mass is 193 g/mol. The van der Waals surface area contributed by atoms with Crippen LogP contribution in [0, 0.1) is 12.3 Å². The first-order valence-electron chi connectivity index (χ1n) is 5.45. The lowest BCUT2D eigenvalue weighted by Gasteiger charge is -2.12. The quantitative estimate of drug-likeness (QED) is 0.751. The molecule has 78 valence electrons. The van der Waals surface area contributed by atoms with Gasteiger partial charge in [0.25, 0.3) is 0 Å². The van der Waals surface area contributed by atoms with Crippen molar-refractivity contribution in [2.24, 2.45) is 5.41 Å². The molecule has 1 aromatic heterocycles. The number of rotatable bonds is 5. The highest BCUT2D eigenvalue weighted by Gasteiger charge is 2.39. The number of aromatic amines is 1. The molecule has 0 aliphatic heterocycles. The van der Waals surface area contributed by atoms with Crippen LogP contribution in [0.1, 0.15) is 37.6 Å². The number of H-pyrrole nitrogens is 1. The zero-order valence-corrected chi connectivity index (χ0v) is 9.06. The third-order valence-electron chi connectivity index (χ3n) is 3.43. The number of aryl methyl sites for hydroxylation is 1. The first-order valence-corrected chi connectivity index (χ1v) is 5.45. The Morgan fingerprint density at radius 3 is 2.86 bits per heavy atom. The van der Waals surface area contributed by atoms with Gasteiger partial charge in [-0.15, -0.1) is 0 Å². The molecular weight excluding hydrogens is 174 g/mol. The molecule has 0 atom stereocenters. The summed E-state index contributed by atoms with van der Waals surface area (Å²) in [5.41, 5.74) is 2.96. The van der Waals surface area contributed by atoms with Crippen molar-refractivity contribution in [3.05, 3.63) is 17.7 Å². The number of hydrogen-bond acceptors (Lipinski definition) is 2.